The van der Waals surface area contributed by atoms with Crippen molar-refractivity contribution < 1.29 is 28.7 Å². The van der Waals surface area contributed by atoms with E-state index in [1.165, 1.54) is 23.1 Å². The van der Waals surface area contributed by atoms with E-state index in [2.05, 4.69) is 10.6 Å². The Bertz CT molecular complexity index is 878. The van der Waals surface area contributed by atoms with Gasteiger partial charge in [-0.25, -0.2) is 4.79 Å². The number of hydrogen-bond acceptors (Lipinski definition) is 6. The number of nitrogens with zero attached hydrogens (tertiary/aromatic N) is 1. The van der Waals surface area contributed by atoms with Gasteiger partial charge < -0.3 is 20.1 Å². The predicted octanol–water partition coefficient (Wildman–Crippen LogP) is 2.35. The van der Waals surface area contributed by atoms with Gasteiger partial charge in [-0.3, -0.25) is 19.3 Å². The second kappa shape index (κ2) is 10.6. The average Bonchev–Trinajstić information content (AvgIpc) is 3.34. The molecule has 32 heavy (non-hydrogen) atoms. The number of alkyl carbamates (subject to hydrolysis) is 1. The highest BCUT2D eigenvalue weighted by molar-refractivity contribution is 6.22. The van der Waals surface area contributed by atoms with E-state index in [0.717, 1.165) is 12.8 Å². The van der Waals surface area contributed by atoms with Crippen molar-refractivity contribution in [2.24, 2.45) is 5.92 Å². The normalized spacial score (nSPS) is 18.6. The maximum absolute atomic E-state index is 12.8. The van der Waals surface area contributed by atoms with E-state index in [1.54, 1.807) is 6.92 Å². The molecule has 2 aliphatic rings. The number of imide groups is 1. The minimum absolute atomic E-state index is 0.134. The van der Waals surface area contributed by atoms with Gasteiger partial charge in [0, 0.05) is 24.8 Å². The lowest BCUT2D eigenvalue weighted by atomic mass is 10.0. The summed E-state index contributed by atoms with van der Waals surface area (Å²) in [4.78, 5) is 51.1. The SMILES string of the molecule is CCOC(=O)NC(CNC(=O)c1ccc2c(c1)C(=O)N(CC1CCCO1)C2=O)CC(C)C. The molecule has 0 spiro atoms. The zero-order valence-electron chi connectivity index (χ0n) is 18.8. The largest absolute Gasteiger partial charge is 0.450 e. The van der Waals surface area contributed by atoms with Crippen LogP contribution in [0.4, 0.5) is 4.79 Å². The van der Waals surface area contributed by atoms with Crippen molar-refractivity contribution in [3.05, 3.63) is 34.9 Å². The van der Waals surface area contributed by atoms with Gasteiger partial charge in [0.25, 0.3) is 17.7 Å². The highest BCUT2D eigenvalue weighted by atomic mass is 16.5. The highest BCUT2D eigenvalue weighted by Crippen LogP contribution is 2.26. The van der Waals surface area contributed by atoms with Crippen LogP contribution in [0.15, 0.2) is 18.2 Å². The number of hydrogen-bond donors (Lipinski definition) is 2. The lowest BCUT2D eigenvalue weighted by Crippen LogP contribution is -2.44. The monoisotopic (exact) mass is 445 g/mol. The van der Waals surface area contributed by atoms with Crippen LogP contribution in [0.25, 0.3) is 0 Å². The molecule has 174 valence electrons. The fourth-order valence-electron chi connectivity index (χ4n) is 4.01. The van der Waals surface area contributed by atoms with Gasteiger partial charge in [-0.05, 0) is 50.3 Å². The molecule has 3 rings (SSSR count). The third-order valence-electron chi connectivity index (χ3n) is 5.51. The molecule has 1 aromatic rings. The van der Waals surface area contributed by atoms with Crippen LogP contribution in [0.5, 0.6) is 0 Å². The number of benzene rings is 1. The van der Waals surface area contributed by atoms with E-state index in [0.29, 0.717) is 24.5 Å². The van der Waals surface area contributed by atoms with Gasteiger partial charge in [0.15, 0.2) is 0 Å². The minimum Gasteiger partial charge on any atom is -0.450 e. The van der Waals surface area contributed by atoms with Crippen molar-refractivity contribution in [1.29, 1.82) is 0 Å². The molecule has 0 saturated carbocycles. The third kappa shape index (κ3) is 5.64. The van der Waals surface area contributed by atoms with Crippen molar-refractivity contribution in [1.82, 2.24) is 15.5 Å². The van der Waals surface area contributed by atoms with Crippen LogP contribution in [0.2, 0.25) is 0 Å². The minimum atomic E-state index is -0.527. The first-order chi connectivity index (χ1) is 15.3. The summed E-state index contributed by atoms with van der Waals surface area (Å²) in [6.07, 6.45) is 1.73. The molecule has 1 fully saturated rings. The average molecular weight is 446 g/mol. The molecule has 9 nitrogen and oxygen atoms in total. The number of carbonyl (C=O) groups excluding carboxylic acids is 4. The van der Waals surface area contributed by atoms with Crippen LogP contribution in [0.3, 0.4) is 0 Å². The first-order valence-corrected chi connectivity index (χ1v) is 11.1. The van der Waals surface area contributed by atoms with Gasteiger partial charge in [-0.15, -0.1) is 0 Å². The van der Waals surface area contributed by atoms with E-state index < -0.39 is 12.0 Å². The summed E-state index contributed by atoms with van der Waals surface area (Å²) < 4.78 is 10.5. The third-order valence-corrected chi connectivity index (χ3v) is 5.51. The smallest absolute Gasteiger partial charge is 0.407 e. The molecule has 9 heteroatoms. The maximum Gasteiger partial charge on any atom is 0.407 e. The Labute approximate surface area is 187 Å². The summed E-state index contributed by atoms with van der Waals surface area (Å²) in [7, 11) is 0. The van der Waals surface area contributed by atoms with Crippen molar-refractivity contribution in [2.45, 2.75) is 52.2 Å². The second-order valence-electron chi connectivity index (χ2n) is 8.52. The Morgan fingerprint density at radius 3 is 2.62 bits per heavy atom. The summed E-state index contributed by atoms with van der Waals surface area (Å²) >= 11 is 0. The van der Waals surface area contributed by atoms with Gasteiger partial charge in [-0.2, -0.15) is 0 Å². The fraction of sp³-hybridized carbons (Fsp3) is 0.565. The Kier molecular flexibility index (Phi) is 7.84. The highest BCUT2D eigenvalue weighted by Gasteiger charge is 2.38. The number of amides is 4. The molecule has 0 aromatic heterocycles. The first-order valence-electron chi connectivity index (χ1n) is 11.1. The molecule has 0 bridgehead atoms. The number of ether oxygens (including phenoxy) is 2. The summed E-state index contributed by atoms with van der Waals surface area (Å²) in [5.74, 6) is -0.845. The lowest BCUT2D eigenvalue weighted by Gasteiger charge is -2.20. The summed E-state index contributed by atoms with van der Waals surface area (Å²) in [5.41, 5.74) is 0.804. The lowest BCUT2D eigenvalue weighted by molar-refractivity contribution is 0.0475. The Balaban J connectivity index is 1.64. The van der Waals surface area contributed by atoms with E-state index in [1.807, 2.05) is 13.8 Å². The van der Waals surface area contributed by atoms with E-state index in [4.69, 9.17) is 9.47 Å². The fourth-order valence-corrected chi connectivity index (χ4v) is 4.01. The standard InChI is InChI=1S/C23H31N3O6/c1-4-31-23(30)25-16(10-14(2)3)12-24-20(27)15-7-8-18-19(11-15)22(29)26(21(18)28)13-17-6-5-9-32-17/h7-8,11,14,16-17H,4-6,9-10,12-13H2,1-3H3,(H,24,27)(H,25,30). The molecule has 1 aromatic carbocycles. The maximum atomic E-state index is 12.8. The molecule has 2 unspecified atom stereocenters. The molecule has 0 radical (unpaired) electrons. The molecule has 0 aliphatic carbocycles. The van der Waals surface area contributed by atoms with E-state index in [9.17, 15) is 19.2 Å². The molecule has 4 amide bonds. The van der Waals surface area contributed by atoms with Crippen molar-refractivity contribution in [2.75, 3.05) is 26.3 Å². The van der Waals surface area contributed by atoms with Gasteiger partial charge in [0.05, 0.1) is 30.4 Å². The number of fused-ring (bicyclic) bond motifs is 1. The van der Waals surface area contributed by atoms with E-state index >= 15 is 0 Å². The van der Waals surface area contributed by atoms with Crippen LogP contribution < -0.4 is 10.6 Å². The quantitative estimate of drug-likeness (QED) is 0.564. The van der Waals surface area contributed by atoms with Crippen molar-refractivity contribution in [3.8, 4) is 0 Å². The van der Waals surface area contributed by atoms with Crippen molar-refractivity contribution in [3.63, 3.8) is 0 Å². The van der Waals surface area contributed by atoms with Crippen molar-refractivity contribution >= 4 is 23.8 Å². The zero-order chi connectivity index (χ0) is 23.3. The van der Waals surface area contributed by atoms with Gasteiger partial charge >= 0.3 is 6.09 Å². The van der Waals surface area contributed by atoms with Crippen LogP contribution in [0.1, 0.15) is 71.1 Å². The number of carbonyl (C=O) groups is 4. The Morgan fingerprint density at radius 2 is 1.97 bits per heavy atom. The topological polar surface area (TPSA) is 114 Å². The summed E-state index contributed by atoms with van der Waals surface area (Å²) in [6, 6.07) is 4.21. The van der Waals surface area contributed by atoms with E-state index in [-0.39, 0.29) is 54.8 Å². The summed E-state index contributed by atoms with van der Waals surface area (Å²) in [6.45, 7) is 7.11. The molecule has 1 saturated heterocycles. The molecule has 2 atom stereocenters. The summed E-state index contributed by atoms with van der Waals surface area (Å²) in [5, 5.41) is 5.56. The molecule has 2 heterocycles. The van der Waals surface area contributed by atoms with Crippen LogP contribution in [-0.4, -0.2) is 67.2 Å². The number of rotatable bonds is 9. The predicted molar refractivity (Wildman–Crippen MR) is 117 cm³/mol. The molecular formula is C23H31N3O6. The Hall–Kier alpha value is -2.94. The molecular weight excluding hydrogens is 414 g/mol. The van der Waals surface area contributed by atoms with Crippen LogP contribution in [0, 0.1) is 5.92 Å². The molecule has 2 aliphatic heterocycles. The van der Waals surface area contributed by atoms with Crippen LogP contribution >= 0.6 is 0 Å². The van der Waals surface area contributed by atoms with Gasteiger partial charge in [0.1, 0.15) is 0 Å². The Morgan fingerprint density at radius 1 is 1.22 bits per heavy atom. The van der Waals surface area contributed by atoms with Gasteiger partial charge in [-0.1, -0.05) is 13.8 Å². The first kappa shape index (κ1) is 23.7. The van der Waals surface area contributed by atoms with Gasteiger partial charge in [0.2, 0.25) is 0 Å². The number of nitrogens with one attached hydrogen (secondary N) is 2. The van der Waals surface area contributed by atoms with Crippen LogP contribution in [-0.2, 0) is 9.47 Å². The second-order valence-corrected chi connectivity index (χ2v) is 8.52. The molecule has 2 N–H and O–H groups in total. The zero-order valence-corrected chi connectivity index (χ0v) is 18.8.